The monoisotopic (exact) mass is 380 g/mol. The molecule has 0 aliphatic rings. The summed E-state index contributed by atoms with van der Waals surface area (Å²) in [4.78, 5) is 8.00. The molecule has 0 spiro atoms. The van der Waals surface area contributed by atoms with Crippen LogP contribution in [0.2, 0.25) is 0 Å². The van der Waals surface area contributed by atoms with Gasteiger partial charge in [-0.15, -0.1) is 0 Å². The number of fused-ring (bicyclic) bond motifs is 2. The molecular formula is C24H26F2N2. The van der Waals surface area contributed by atoms with Gasteiger partial charge in [-0.3, -0.25) is 9.97 Å². The molecule has 0 saturated heterocycles. The van der Waals surface area contributed by atoms with E-state index >= 15 is 0 Å². The molecule has 4 heteroatoms. The molecule has 0 fully saturated rings. The number of hydrogen-bond donors (Lipinski definition) is 0. The van der Waals surface area contributed by atoms with Crippen molar-refractivity contribution < 1.29 is 8.78 Å². The first-order chi connectivity index (χ1) is 13.6. The van der Waals surface area contributed by atoms with Crippen molar-refractivity contribution >= 4 is 21.8 Å². The molecule has 4 aromatic rings. The molecule has 2 aromatic carbocycles. The third-order valence-electron chi connectivity index (χ3n) is 4.32. The van der Waals surface area contributed by atoms with Gasteiger partial charge in [-0.05, 0) is 54.3 Å². The van der Waals surface area contributed by atoms with Gasteiger partial charge in [0.25, 0.3) is 0 Å². The Balaban J connectivity index is 0.000000184. The van der Waals surface area contributed by atoms with Gasteiger partial charge < -0.3 is 0 Å². The Morgan fingerprint density at radius 2 is 1.43 bits per heavy atom. The van der Waals surface area contributed by atoms with Gasteiger partial charge in [-0.25, -0.2) is 8.78 Å². The second-order valence-corrected chi connectivity index (χ2v) is 5.97. The Morgan fingerprint density at radius 3 is 2.11 bits per heavy atom. The number of rotatable bonds is 2. The molecule has 28 heavy (non-hydrogen) atoms. The fourth-order valence-electron chi connectivity index (χ4n) is 2.92. The lowest BCUT2D eigenvalue weighted by Crippen LogP contribution is -1.88. The molecule has 0 amide bonds. The van der Waals surface area contributed by atoms with Crippen LogP contribution in [0.3, 0.4) is 0 Å². The lowest BCUT2D eigenvalue weighted by Gasteiger charge is -2.03. The molecular weight excluding hydrogens is 354 g/mol. The van der Waals surface area contributed by atoms with Gasteiger partial charge >= 0.3 is 0 Å². The molecule has 0 N–H and O–H groups in total. The summed E-state index contributed by atoms with van der Waals surface area (Å²) in [5.41, 5.74) is 3.09. The highest BCUT2D eigenvalue weighted by atomic mass is 19.1. The van der Waals surface area contributed by atoms with Crippen molar-refractivity contribution in [2.24, 2.45) is 0 Å². The van der Waals surface area contributed by atoms with Gasteiger partial charge in [0.05, 0.1) is 0 Å². The van der Waals surface area contributed by atoms with E-state index in [0.29, 0.717) is 11.0 Å². The topological polar surface area (TPSA) is 25.8 Å². The van der Waals surface area contributed by atoms with Crippen LogP contribution in [0.25, 0.3) is 21.8 Å². The quantitative estimate of drug-likeness (QED) is 0.378. The molecule has 146 valence electrons. The summed E-state index contributed by atoms with van der Waals surface area (Å²) in [6.07, 6.45) is 4.98. The van der Waals surface area contributed by atoms with Gasteiger partial charge in [0.2, 0.25) is 0 Å². The number of nitrogens with zero attached hydrogens (tertiary/aromatic N) is 2. The van der Waals surface area contributed by atoms with Crippen molar-refractivity contribution in [3.05, 3.63) is 83.7 Å². The van der Waals surface area contributed by atoms with E-state index in [0.717, 1.165) is 34.7 Å². The normalized spacial score (nSPS) is 10.1. The van der Waals surface area contributed by atoms with Crippen molar-refractivity contribution in [2.75, 3.05) is 0 Å². The summed E-state index contributed by atoms with van der Waals surface area (Å²) >= 11 is 0. The molecule has 4 rings (SSSR count). The predicted molar refractivity (Wildman–Crippen MR) is 114 cm³/mol. The SMILES string of the molecule is CC.CCc1cc(F)c2ncccc2c1.CCc1ccc(F)c2ncccc12. The average molecular weight is 380 g/mol. The van der Waals surface area contributed by atoms with Gasteiger partial charge in [0.1, 0.15) is 22.7 Å². The van der Waals surface area contributed by atoms with Gasteiger partial charge in [0, 0.05) is 23.2 Å². The maximum atomic E-state index is 13.4. The van der Waals surface area contributed by atoms with Crippen LogP contribution >= 0.6 is 0 Å². The summed E-state index contributed by atoms with van der Waals surface area (Å²) < 4.78 is 26.6. The molecule has 2 aromatic heterocycles. The van der Waals surface area contributed by atoms with Crippen LogP contribution in [0, 0.1) is 11.6 Å². The van der Waals surface area contributed by atoms with Crippen molar-refractivity contribution in [1.29, 1.82) is 0 Å². The van der Waals surface area contributed by atoms with Crippen molar-refractivity contribution in [3.63, 3.8) is 0 Å². The maximum Gasteiger partial charge on any atom is 0.149 e. The Morgan fingerprint density at radius 1 is 0.750 bits per heavy atom. The maximum absolute atomic E-state index is 13.4. The number of halogens is 2. The van der Waals surface area contributed by atoms with E-state index in [1.165, 1.54) is 6.07 Å². The first-order valence-corrected chi connectivity index (χ1v) is 9.69. The summed E-state index contributed by atoms with van der Waals surface area (Å²) in [7, 11) is 0. The molecule has 0 saturated carbocycles. The van der Waals surface area contributed by atoms with Crippen LogP contribution in [-0.2, 0) is 12.8 Å². The molecule has 0 unspecified atom stereocenters. The highest BCUT2D eigenvalue weighted by molar-refractivity contribution is 5.82. The lowest BCUT2D eigenvalue weighted by molar-refractivity contribution is 0.634. The summed E-state index contributed by atoms with van der Waals surface area (Å²) in [5.74, 6) is -0.470. The average Bonchev–Trinajstić information content (AvgIpc) is 2.76. The van der Waals surface area contributed by atoms with Gasteiger partial charge in [-0.1, -0.05) is 45.9 Å². The van der Waals surface area contributed by atoms with Crippen LogP contribution in [0.5, 0.6) is 0 Å². The molecule has 0 aliphatic carbocycles. The molecule has 0 bridgehead atoms. The third kappa shape index (κ3) is 4.89. The summed E-state index contributed by atoms with van der Waals surface area (Å²) in [6.45, 7) is 8.07. The number of aromatic nitrogens is 2. The second kappa shape index (κ2) is 10.5. The molecule has 0 aliphatic heterocycles. The highest BCUT2D eigenvalue weighted by Gasteiger charge is 2.04. The Bertz CT molecular complexity index is 1050. The van der Waals surface area contributed by atoms with E-state index in [2.05, 4.69) is 16.9 Å². The molecule has 2 heterocycles. The summed E-state index contributed by atoms with van der Waals surface area (Å²) in [6, 6.07) is 14.3. The first kappa shape index (κ1) is 21.4. The fraction of sp³-hybridized carbons (Fsp3) is 0.250. The lowest BCUT2D eigenvalue weighted by atomic mass is 10.1. The second-order valence-electron chi connectivity index (χ2n) is 5.97. The van der Waals surface area contributed by atoms with Gasteiger partial charge in [0.15, 0.2) is 0 Å². The van der Waals surface area contributed by atoms with E-state index < -0.39 is 0 Å². The standard InChI is InChI=1S/2C11H10FN.C2H6/c1-2-8-5-6-10(12)11-9(8)4-3-7-13-11;1-2-8-6-9-4-3-5-13-11(9)10(12)7-8;1-2/h2*3-7H,2H2,1H3;1-2H3. The number of pyridine rings is 2. The van der Waals surface area contributed by atoms with Crippen LogP contribution in [0.15, 0.2) is 60.9 Å². The molecule has 2 nitrogen and oxygen atoms in total. The largest absolute Gasteiger partial charge is 0.253 e. The summed E-state index contributed by atoms with van der Waals surface area (Å²) in [5, 5.41) is 1.80. The third-order valence-corrected chi connectivity index (χ3v) is 4.32. The zero-order valence-corrected chi connectivity index (χ0v) is 16.8. The zero-order chi connectivity index (χ0) is 20.5. The minimum atomic E-state index is -0.243. The zero-order valence-electron chi connectivity index (χ0n) is 16.8. The van der Waals surface area contributed by atoms with E-state index in [-0.39, 0.29) is 11.6 Å². The van der Waals surface area contributed by atoms with Crippen molar-refractivity contribution in [2.45, 2.75) is 40.5 Å². The van der Waals surface area contributed by atoms with Crippen molar-refractivity contribution in [3.8, 4) is 0 Å². The van der Waals surface area contributed by atoms with E-state index in [9.17, 15) is 8.78 Å². The van der Waals surface area contributed by atoms with Crippen LogP contribution in [0.4, 0.5) is 8.78 Å². The Labute approximate surface area is 165 Å². The predicted octanol–water partition coefficient (Wildman–Crippen LogP) is 6.90. The van der Waals surface area contributed by atoms with Gasteiger partial charge in [-0.2, -0.15) is 0 Å². The van der Waals surface area contributed by atoms with Crippen LogP contribution < -0.4 is 0 Å². The fourth-order valence-corrected chi connectivity index (χ4v) is 2.92. The Kier molecular flexibility index (Phi) is 8.00. The number of benzene rings is 2. The van der Waals surface area contributed by atoms with E-state index in [1.54, 1.807) is 18.5 Å². The van der Waals surface area contributed by atoms with Crippen LogP contribution in [-0.4, -0.2) is 9.97 Å². The van der Waals surface area contributed by atoms with E-state index in [4.69, 9.17) is 0 Å². The smallest absolute Gasteiger partial charge is 0.149 e. The molecule has 0 radical (unpaired) electrons. The first-order valence-electron chi connectivity index (χ1n) is 9.69. The Hall–Kier alpha value is -2.88. The molecule has 0 atom stereocenters. The highest BCUT2D eigenvalue weighted by Crippen LogP contribution is 2.20. The van der Waals surface area contributed by atoms with E-state index in [1.807, 2.05) is 57.2 Å². The number of aryl methyl sites for hydroxylation is 2. The van der Waals surface area contributed by atoms with Crippen LogP contribution in [0.1, 0.15) is 38.8 Å². The minimum Gasteiger partial charge on any atom is -0.253 e. The number of hydrogen-bond acceptors (Lipinski definition) is 2. The van der Waals surface area contributed by atoms with Crippen molar-refractivity contribution in [1.82, 2.24) is 9.97 Å². The minimum absolute atomic E-state index is 0.227.